The number of hydrogen-bond donors (Lipinski definition) is 0. The van der Waals surface area contributed by atoms with Gasteiger partial charge in [-0.05, 0) is 19.9 Å². The molecular weight excluding hydrogens is 386 g/mol. The Hall–Kier alpha value is -0.110. The van der Waals surface area contributed by atoms with Crippen molar-refractivity contribution in [3.63, 3.8) is 0 Å². The molecular formula is C11H20IO6P. The van der Waals surface area contributed by atoms with Gasteiger partial charge in [0.25, 0.3) is 0 Å². The molecule has 0 spiro atoms. The Balaban J connectivity index is 4.80. The monoisotopic (exact) mass is 406 g/mol. The second-order valence-electron chi connectivity index (χ2n) is 3.23. The lowest BCUT2D eigenvalue weighted by Gasteiger charge is -2.15. The summed E-state index contributed by atoms with van der Waals surface area (Å²) >= 11 is 2.12. The third-order valence-electron chi connectivity index (χ3n) is 1.87. The quantitative estimate of drug-likeness (QED) is 0.139. The molecule has 0 aliphatic heterocycles. The summed E-state index contributed by atoms with van der Waals surface area (Å²) in [5, 5.41) is 0. The number of allylic oxidation sites excluding steroid dienone is 1. The minimum absolute atomic E-state index is 0.0267. The third kappa shape index (κ3) is 7.91. The second-order valence-corrected chi connectivity index (χ2v) is 6.41. The fraction of sp³-hybridized carbons (Fsp3) is 0.727. The number of rotatable bonds is 10. The van der Waals surface area contributed by atoms with Crippen LogP contribution in [0.1, 0.15) is 13.8 Å². The Labute approximate surface area is 127 Å². The number of ether oxygens (including phenoxy) is 2. The molecule has 0 rings (SSSR count). The first-order chi connectivity index (χ1) is 9.02. The highest BCUT2D eigenvalue weighted by molar-refractivity contribution is 14.1. The fourth-order valence-corrected chi connectivity index (χ4v) is 2.86. The van der Waals surface area contributed by atoms with Crippen molar-refractivity contribution in [2.24, 2.45) is 0 Å². The summed E-state index contributed by atoms with van der Waals surface area (Å²) in [6.45, 7) is 4.36. The molecule has 0 unspecified atom stereocenters. The highest BCUT2D eigenvalue weighted by Gasteiger charge is 2.23. The first kappa shape index (κ1) is 18.9. The summed E-state index contributed by atoms with van der Waals surface area (Å²) in [6.07, 6.45) is 1.37. The largest absolute Gasteiger partial charge is 0.486 e. The van der Waals surface area contributed by atoms with Crippen LogP contribution in [-0.2, 0) is 27.9 Å². The van der Waals surface area contributed by atoms with Gasteiger partial charge in [0.1, 0.15) is 0 Å². The third-order valence-corrected chi connectivity index (χ3v) is 4.25. The number of methoxy groups -OCH3 is 1. The maximum absolute atomic E-state index is 12.2. The van der Waals surface area contributed by atoms with E-state index < -0.39 is 13.6 Å². The van der Waals surface area contributed by atoms with Crippen molar-refractivity contribution < 1.29 is 27.9 Å². The van der Waals surface area contributed by atoms with Crippen LogP contribution < -0.4 is 0 Å². The van der Waals surface area contributed by atoms with Gasteiger partial charge in [0.2, 0.25) is 5.76 Å². The number of halogens is 1. The van der Waals surface area contributed by atoms with E-state index in [1.54, 1.807) is 13.8 Å². The van der Waals surface area contributed by atoms with Crippen LogP contribution in [0.25, 0.3) is 0 Å². The van der Waals surface area contributed by atoms with Gasteiger partial charge in [0.15, 0.2) is 0 Å². The molecule has 0 aliphatic carbocycles. The van der Waals surface area contributed by atoms with Gasteiger partial charge in [-0.25, -0.2) is 4.79 Å². The highest BCUT2D eigenvalue weighted by Crippen LogP contribution is 2.48. The second kappa shape index (κ2) is 10.7. The molecule has 112 valence electrons. The Morgan fingerprint density at radius 1 is 1.26 bits per heavy atom. The summed E-state index contributed by atoms with van der Waals surface area (Å²) in [4.78, 5) is 11.5. The van der Waals surface area contributed by atoms with E-state index in [1.807, 2.05) is 0 Å². The number of esters is 1. The van der Waals surface area contributed by atoms with Gasteiger partial charge < -0.3 is 18.5 Å². The predicted molar refractivity (Wildman–Crippen MR) is 80.7 cm³/mol. The molecule has 6 nitrogen and oxygen atoms in total. The first-order valence-corrected chi connectivity index (χ1v) is 9.13. The molecule has 0 saturated carbocycles. The van der Waals surface area contributed by atoms with Gasteiger partial charge in [-0.3, -0.25) is 4.57 Å². The van der Waals surface area contributed by atoms with Gasteiger partial charge in [-0.15, -0.1) is 0 Å². The summed E-state index contributed by atoms with van der Waals surface area (Å²) in [5.74, 6) is -0.580. The van der Waals surface area contributed by atoms with E-state index in [9.17, 15) is 9.36 Å². The molecule has 0 saturated heterocycles. The number of carbonyl (C=O) groups excluding carboxylic acids is 1. The summed E-state index contributed by atoms with van der Waals surface area (Å²) in [5.41, 5.74) is 0. The minimum Gasteiger partial charge on any atom is -0.486 e. The van der Waals surface area contributed by atoms with Crippen molar-refractivity contribution in [2.75, 3.05) is 37.5 Å². The van der Waals surface area contributed by atoms with Crippen LogP contribution in [0.5, 0.6) is 0 Å². The minimum atomic E-state index is -3.22. The SMILES string of the molecule is CCOP(=O)(C/C=C(/OCCI)C(=O)OC)OCC. The number of alkyl halides is 1. The van der Waals surface area contributed by atoms with Crippen LogP contribution in [0.3, 0.4) is 0 Å². The van der Waals surface area contributed by atoms with Crippen molar-refractivity contribution in [1.82, 2.24) is 0 Å². The first-order valence-electron chi connectivity index (χ1n) is 5.88. The molecule has 8 heteroatoms. The molecule has 0 aromatic carbocycles. The average molecular weight is 406 g/mol. The van der Waals surface area contributed by atoms with Crippen LogP contribution >= 0.6 is 30.2 Å². The topological polar surface area (TPSA) is 71.1 Å². The van der Waals surface area contributed by atoms with Gasteiger partial charge >= 0.3 is 13.6 Å². The molecule has 0 fully saturated rings. The van der Waals surface area contributed by atoms with E-state index in [4.69, 9.17) is 13.8 Å². The van der Waals surface area contributed by atoms with Crippen LogP contribution in [0.15, 0.2) is 11.8 Å². The van der Waals surface area contributed by atoms with Crippen molar-refractivity contribution in [2.45, 2.75) is 13.8 Å². The van der Waals surface area contributed by atoms with Crippen LogP contribution in [0, 0.1) is 0 Å². The smallest absolute Gasteiger partial charge is 0.372 e. The molecule has 0 amide bonds. The van der Waals surface area contributed by atoms with Gasteiger partial charge in [0, 0.05) is 4.43 Å². The van der Waals surface area contributed by atoms with Crippen molar-refractivity contribution in [3.8, 4) is 0 Å². The molecule has 0 aliphatic rings. The normalized spacial score (nSPS) is 12.3. The zero-order chi connectivity index (χ0) is 14.7. The number of hydrogen-bond acceptors (Lipinski definition) is 6. The van der Waals surface area contributed by atoms with Crippen molar-refractivity contribution in [3.05, 3.63) is 11.8 Å². The van der Waals surface area contributed by atoms with Gasteiger partial charge in [-0.1, -0.05) is 22.6 Å². The Morgan fingerprint density at radius 2 is 1.84 bits per heavy atom. The molecule has 0 radical (unpaired) electrons. The van der Waals surface area contributed by atoms with Gasteiger partial charge in [0.05, 0.1) is 33.1 Å². The molecule has 0 aromatic rings. The van der Waals surface area contributed by atoms with Gasteiger partial charge in [-0.2, -0.15) is 0 Å². The van der Waals surface area contributed by atoms with E-state index in [-0.39, 0.29) is 25.1 Å². The molecule has 0 bridgehead atoms. The molecule has 0 N–H and O–H groups in total. The Bertz CT molecular complexity index is 334. The zero-order valence-electron chi connectivity index (χ0n) is 11.4. The Kier molecular flexibility index (Phi) is 10.6. The zero-order valence-corrected chi connectivity index (χ0v) is 14.4. The van der Waals surface area contributed by atoms with E-state index in [1.165, 1.54) is 13.2 Å². The van der Waals surface area contributed by atoms with E-state index in [0.29, 0.717) is 6.61 Å². The average Bonchev–Trinajstić information content (AvgIpc) is 2.38. The van der Waals surface area contributed by atoms with E-state index >= 15 is 0 Å². The van der Waals surface area contributed by atoms with Crippen molar-refractivity contribution in [1.29, 1.82) is 0 Å². The van der Waals surface area contributed by atoms with Crippen molar-refractivity contribution >= 4 is 36.2 Å². The summed E-state index contributed by atoms with van der Waals surface area (Å²) < 4.78 is 33.0. The lowest BCUT2D eigenvalue weighted by Crippen LogP contribution is -2.11. The van der Waals surface area contributed by atoms with E-state index in [0.717, 1.165) is 4.43 Å². The standard InChI is InChI=1S/C11H20IO6P/c1-4-17-19(14,18-5-2)9-6-10(11(13)15-3)16-8-7-12/h6H,4-5,7-9H2,1-3H3/b10-6+. The maximum atomic E-state index is 12.2. The summed E-state index contributed by atoms with van der Waals surface area (Å²) in [7, 11) is -1.96. The maximum Gasteiger partial charge on any atom is 0.372 e. The fourth-order valence-electron chi connectivity index (χ4n) is 1.18. The lowest BCUT2D eigenvalue weighted by molar-refractivity contribution is -0.140. The molecule has 0 heterocycles. The highest BCUT2D eigenvalue weighted by atomic mass is 127. The van der Waals surface area contributed by atoms with Crippen LogP contribution in [0.2, 0.25) is 0 Å². The lowest BCUT2D eigenvalue weighted by atomic mass is 10.4. The molecule has 0 aromatic heterocycles. The number of carbonyl (C=O) groups is 1. The van der Waals surface area contributed by atoms with E-state index in [2.05, 4.69) is 27.3 Å². The summed E-state index contributed by atoms with van der Waals surface area (Å²) in [6, 6.07) is 0. The molecule has 0 atom stereocenters. The van der Waals surface area contributed by atoms with Crippen LogP contribution in [-0.4, -0.2) is 43.5 Å². The van der Waals surface area contributed by atoms with Crippen LogP contribution in [0.4, 0.5) is 0 Å². The Morgan fingerprint density at radius 3 is 2.26 bits per heavy atom. The molecule has 19 heavy (non-hydrogen) atoms. The predicted octanol–water partition coefficient (Wildman–Crippen LogP) is 2.76.